The van der Waals surface area contributed by atoms with E-state index in [1.165, 1.54) is 0 Å². The lowest BCUT2D eigenvalue weighted by Crippen LogP contribution is -2.82. The summed E-state index contributed by atoms with van der Waals surface area (Å²) in [5.41, 5.74) is -8.21. The summed E-state index contributed by atoms with van der Waals surface area (Å²) in [6, 6.07) is 0. The molecule has 0 spiro atoms. The summed E-state index contributed by atoms with van der Waals surface area (Å²) >= 11 is 0. The van der Waals surface area contributed by atoms with Gasteiger partial charge in [0, 0.05) is 11.6 Å². The zero-order valence-corrected chi connectivity index (χ0v) is 16.1. The Morgan fingerprint density at radius 3 is 2.43 bits per heavy atom. The highest BCUT2D eigenvalue weighted by atomic mass is 16.6. The molecule has 2 amide bonds. The van der Waals surface area contributed by atoms with Crippen molar-refractivity contribution in [3.63, 3.8) is 0 Å². The molecule has 3 aliphatic heterocycles. The van der Waals surface area contributed by atoms with Gasteiger partial charge in [0.15, 0.2) is 0 Å². The van der Waals surface area contributed by atoms with Crippen LogP contribution in [0.3, 0.4) is 0 Å². The first kappa shape index (κ1) is 22.2. The average molecular weight is 402 g/mol. The number of piperazine rings is 1. The van der Waals surface area contributed by atoms with Crippen LogP contribution in [0, 0.1) is 0 Å². The number of hydrogen-bond donors (Lipinski definition) is 6. The Morgan fingerprint density at radius 2 is 1.89 bits per heavy atom. The molecule has 3 fully saturated rings. The van der Waals surface area contributed by atoms with Crippen molar-refractivity contribution in [1.29, 1.82) is 0 Å². The van der Waals surface area contributed by atoms with E-state index in [2.05, 4.69) is 5.32 Å². The average Bonchev–Trinajstić information content (AvgIpc) is 2.55. The van der Waals surface area contributed by atoms with Crippen LogP contribution in [0.5, 0.6) is 0 Å². The third-order valence-electron chi connectivity index (χ3n) is 4.42. The molecule has 28 heavy (non-hydrogen) atoms. The van der Waals surface area contributed by atoms with E-state index in [0.29, 0.717) is 0 Å². The minimum Gasteiger partial charge on any atom is -0.457 e. The normalized spacial score (nSPS) is 32.6. The Kier molecular flexibility index (Phi) is 5.63. The number of amides is 2. The van der Waals surface area contributed by atoms with Crippen LogP contribution < -0.4 is 10.6 Å². The lowest BCUT2D eigenvalue weighted by molar-refractivity contribution is -0.230. The summed E-state index contributed by atoms with van der Waals surface area (Å²) in [4.78, 5) is 37.3. The number of carbonyl (C=O) groups excluding carboxylic acids is 3. The number of aliphatic hydroxyl groups is 4. The van der Waals surface area contributed by atoms with Gasteiger partial charge in [-0.1, -0.05) is 0 Å². The lowest BCUT2D eigenvalue weighted by Gasteiger charge is -2.49. The number of nitrogens with one attached hydrogen (secondary N) is 2. The topological polar surface area (TPSA) is 175 Å². The second-order valence-corrected chi connectivity index (χ2v) is 8.07. The molecule has 11 nitrogen and oxygen atoms in total. The third kappa shape index (κ3) is 3.89. The Bertz CT molecular complexity index is 712. The zero-order valence-electron chi connectivity index (χ0n) is 16.1. The van der Waals surface area contributed by atoms with Crippen molar-refractivity contribution in [1.82, 2.24) is 10.6 Å². The number of aliphatic hydroxyl groups excluding tert-OH is 2. The van der Waals surface area contributed by atoms with E-state index in [-0.39, 0.29) is 18.6 Å². The number of fused-ring (bicyclic) bond motifs is 5. The Labute approximate surface area is 161 Å². The van der Waals surface area contributed by atoms with Gasteiger partial charge in [0.05, 0.1) is 13.2 Å². The Hall–Kier alpha value is -2.05. The van der Waals surface area contributed by atoms with E-state index in [9.17, 15) is 34.8 Å². The quantitative estimate of drug-likeness (QED) is 0.218. The molecule has 0 aromatic heterocycles. The monoisotopic (exact) mass is 402 g/mol. The summed E-state index contributed by atoms with van der Waals surface area (Å²) in [6.07, 6.45) is -1.33. The summed E-state index contributed by atoms with van der Waals surface area (Å²) < 4.78 is 10.5. The molecule has 0 aliphatic carbocycles. The molecular weight excluding hydrogens is 376 g/mol. The zero-order chi connectivity index (χ0) is 21.5. The summed E-state index contributed by atoms with van der Waals surface area (Å²) in [5, 5.41) is 44.7. The smallest absolute Gasteiger partial charge is 0.331 e. The molecule has 0 aromatic carbocycles. The van der Waals surface area contributed by atoms with Gasteiger partial charge in [-0.3, -0.25) is 9.59 Å². The number of esters is 1. The van der Waals surface area contributed by atoms with Crippen molar-refractivity contribution in [3.8, 4) is 0 Å². The van der Waals surface area contributed by atoms with E-state index in [0.717, 1.165) is 13.0 Å². The van der Waals surface area contributed by atoms with E-state index < -0.39 is 53.1 Å². The van der Waals surface area contributed by atoms with Crippen molar-refractivity contribution >= 4 is 17.8 Å². The molecule has 3 saturated heterocycles. The van der Waals surface area contributed by atoms with Crippen molar-refractivity contribution in [2.75, 3.05) is 13.2 Å². The van der Waals surface area contributed by atoms with E-state index in [1.807, 2.05) is 5.32 Å². The highest BCUT2D eigenvalue weighted by molar-refractivity contribution is 6.03. The van der Waals surface area contributed by atoms with Gasteiger partial charge < -0.3 is 40.5 Å². The van der Waals surface area contributed by atoms with E-state index >= 15 is 0 Å². The minimum atomic E-state index is -2.58. The van der Waals surface area contributed by atoms with Gasteiger partial charge in [-0.15, -0.1) is 0 Å². The predicted octanol–water partition coefficient (Wildman–Crippen LogP) is -2.59. The Morgan fingerprint density at radius 1 is 1.29 bits per heavy atom. The maximum absolute atomic E-state index is 12.7. The van der Waals surface area contributed by atoms with Crippen LogP contribution in [-0.4, -0.2) is 80.2 Å². The van der Waals surface area contributed by atoms with Gasteiger partial charge in [0.2, 0.25) is 5.72 Å². The van der Waals surface area contributed by atoms with Crippen LogP contribution in [0.2, 0.25) is 0 Å². The Balaban J connectivity index is 2.41. The summed E-state index contributed by atoms with van der Waals surface area (Å²) in [5.74, 6) is -3.18. The molecule has 0 aromatic rings. The van der Waals surface area contributed by atoms with Crippen LogP contribution in [0.25, 0.3) is 0 Å². The van der Waals surface area contributed by atoms with Crippen LogP contribution in [0.15, 0.2) is 11.6 Å². The van der Waals surface area contributed by atoms with Gasteiger partial charge in [0.1, 0.15) is 17.3 Å². The molecule has 3 rings (SSSR count). The first-order valence-electron chi connectivity index (χ1n) is 8.65. The number of carbonyl (C=O) groups is 3. The van der Waals surface area contributed by atoms with Crippen LogP contribution >= 0.6 is 0 Å². The van der Waals surface area contributed by atoms with E-state index in [1.54, 1.807) is 20.8 Å². The number of hydrogen-bond acceptors (Lipinski definition) is 9. The maximum Gasteiger partial charge on any atom is 0.331 e. The number of rotatable bonds is 4. The summed E-state index contributed by atoms with van der Waals surface area (Å²) in [7, 11) is 0. The fourth-order valence-electron chi connectivity index (χ4n) is 2.91. The summed E-state index contributed by atoms with van der Waals surface area (Å²) in [6.45, 7) is 4.72. The first-order valence-corrected chi connectivity index (χ1v) is 8.65. The van der Waals surface area contributed by atoms with Crippen LogP contribution in [0.1, 0.15) is 34.1 Å². The number of ether oxygens (including phenoxy) is 2. The molecule has 0 saturated carbocycles. The van der Waals surface area contributed by atoms with Gasteiger partial charge >= 0.3 is 5.97 Å². The molecule has 4 atom stereocenters. The van der Waals surface area contributed by atoms with Crippen molar-refractivity contribution in [2.24, 2.45) is 0 Å². The van der Waals surface area contributed by atoms with E-state index in [4.69, 9.17) is 9.47 Å². The molecule has 11 heteroatoms. The lowest BCUT2D eigenvalue weighted by atomic mass is 9.84. The minimum absolute atomic E-state index is 0.167. The van der Waals surface area contributed by atoms with Crippen molar-refractivity contribution < 1.29 is 44.3 Å². The second-order valence-electron chi connectivity index (χ2n) is 8.07. The first-order chi connectivity index (χ1) is 12.7. The second kappa shape index (κ2) is 7.08. The van der Waals surface area contributed by atoms with Gasteiger partial charge in [-0.05, 0) is 34.1 Å². The molecule has 6 N–H and O–H groups in total. The highest BCUT2D eigenvalue weighted by Gasteiger charge is 2.63. The SMILES string of the molecule is CC(C)(C)OC(=O)/C=C1\CCO[C@]2([C@@H](O)[C@@](C)(O)CO)NC(=O)[C@@]1(O)NC2=O. The van der Waals surface area contributed by atoms with Gasteiger partial charge in [0.25, 0.3) is 17.5 Å². The molecule has 0 radical (unpaired) electrons. The molecule has 3 heterocycles. The molecule has 158 valence electrons. The highest BCUT2D eigenvalue weighted by Crippen LogP contribution is 2.33. The molecule has 0 unspecified atom stereocenters. The van der Waals surface area contributed by atoms with Gasteiger partial charge in [-0.2, -0.15) is 0 Å². The third-order valence-corrected chi connectivity index (χ3v) is 4.42. The fraction of sp³-hybridized carbons (Fsp3) is 0.706. The molecular formula is C17H26N2O9. The predicted molar refractivity (Wildman–Crippen MR) is 92.2 cm³/mol. The van der Waals surface area contributed by atoms with Crippen LogP contribution in [0.4, 0.5) is 0 Å². The molecule has 2 bridgehead atoms. The van der Waals surface area contributed by atoms with Crippen molar-refractivity contribution in [3.05, 3.63) is 11.6 Å². The largest absolute Gasteiger partial charge is 0.457 e. The standard InChI is InChI=1S/C17H26N2O9/c1-14(2,3)28-10(21)7-9-5-6-27-17(11(22)15(4,25)8-20)13(24)18-16(9,26)12(23)19-17/h7,11,20,22,25-26H,5-6,8H2,1-4H3,(H,18,24)(H,19,23)/b9-7+/t11-,15-,16+,17-/m0/s1. The van der Waals surface area contributed by atoms with Crippen LogP contribution in [-0.2, 0) is 23.9 Å². The fourth-order valence-corrected chi connectivity index (χ4v) is 2.91. The molecule has 3 aliphatic rings. The maximum atomic E-state index is 12.7. The van der Waals surface area contributed by atoms with Crippen molar-refractivity contribution in [2.45, 2.75) is 62.9 Å². The van der Waals surface area contributed by atoms with Gasteiger partial charge in [-0.25, -0.2) is 4.79 Å².